The molecule has 1 heterocycles. The van der Waals surface area contributed by atoms with E-state index in [2.05, 4.69) is 0 Å². The van der Waals surface area contributed by atoms with Gasteiger partial charge in [0.25, 0.3) is 0 Å². The van der Waals surface area contributed by atoms with Crippen molar-refractivity contribution in [3.05, 3.63) is 35.6 Å². The molecule has 2 rings (SSSR count). The third-order valence-electron chi connectivity index (χ3n) is 3.08. The fourth-order valence-corrected chi connectivity index (χ4v) is 2.14. The summed E-state index contributed by atoms with van der Waals surface area (Å²) in [6, 6.07) is 6.11. The molecular weight excluding hydrogens is 235 g/mol. The zero-order chi connectivity index (χ0) is 13.2. The average Bonchev–Trinajstić information content (AvgIpc) is 2.57. The van der Waals surface area contributed by atoms with Crippen molar-refractivity contribution in [2.45, 2.75) is 25.5 Å². The Balaban J connectivity index is 2.02. The minimum atomic E-state index is -0.508. The number of hydrogen-bond donors (Lipinski definition) is 1. The lowest BCUT2D eigenvalue weighted by Gasteiger charge is -2.20. The van der Waals surface area contributed by atoms with Crippen molar-refractivity contribution in [3.8, 4) is 0 Å². The quantitative estimate of drug-likeness (QED) is 0.890. The summed E-state index contributed by atoms with van der Waals surface area (Å²) in [5.41, 5.74) is 5.87. The Morgan fingerprint density at radius 3 is 2.72 bits per heavy atom. The van der Waals surface area contributed by atoms with Gasteiger partial charge in [-0.2, -0.15) is 0 Å². The molecule has 0 bridgehead atoms. The highest BCUT2D eigenvalue weighted by Gasteiger charge is 2.40. The number of halogens is 1. The van der Waals surface area contributed by atoms with Crippen LogP contribution in [0.5, 0.6) is 0 Å². The molecule has 1 atom stereocenters. The second-order valence-electron chi connectivity index (χ2n) is 4.84. The molecule has 1 aliphatic rings. The number of benzene rings is 1. The topological polar surface area (TPSA) is 55.6 Å². The first-order chi connectivity index (χ1) is 8.52. The third-order valence-corrected chi connectivity index (χ3v) is 3.08. The highest BCUT2D eigenvalue weighted by Crippen LogP contribution is 2.26. The van der Waals surface area contributed by atoms with E-state index < -0.39 is 5.60 Å². The molecule has 1 aromatic rings. The number of nitrogens with two attached hydrogens (primary N) is 1. The van der Waals surface area contributed by atoms with Crippen molar-refractivity contribution < 1.29 is 13.9 Å². The number of carbonyl (C=O) groups excluding carboxylic acids is 1. The van der Waals surface area contributed by atoms with Gasteiger partial charge in [0.1, 0.15) is 11.4 Å². The molecule has 4 nitrogen and oxygen atoms in total. The van der Waals surface area contributed by atoms with E-state index in [1.54, 1.807) is 17.0 Å². The van der Waals surface area contributed by atoms with Crippen LogP contribution in [0.25, 0.3) is 0 Å². The molecule has 1 saturated heterocycles. The highest BCUT2D eigenvalue weighted by atomic mass is 19.1. The van der Waals surface area contributed by atoms with E-state index >= 15 is 0 Å². The van der Waals surface area contributed by atoms with Gasteiger partial charge >= 0.3 is 6.09 Å². The van der Waals surface area contributed by atoms with Gasteiger partial charge in [0.05, 0.1) is 6.54 Å². The Bertz CT molecular complexity index is 435. The Labute approximate surface area is 106 Å². The summed E-state index contributed by atoms with van der Waals surface area (Å²) in [5.74, 6) is -0.282. The van der Waals surface area contributed by atoms with E-state index in [9.17, 15) is 9.18 Å². The van der Waals surface area contributed by atoms with Crippen LogP contribution in [0.3, 0.4) is 0 Å². The van der Waals surface area contributed by atoms with Gasteiger partial charge in [0, 0.05) is 13.0 Å². The number of nitrogens with zero attached hydrogens (tertiary/aromatic N) is 1. The average molecular weight is 252 g/mol. The molecule has 0 saturated carbocycles. The molecule has 0 spiro atoms. The number of hydrogen-bond acceptors (Lipinski definition) is 3. The predicted octanol–water partition coefficient (Wildman–Crippen LogP) is 1.89. The number of amides is 1. The lowest BCUT2D eigenvalue weighted by Crippen LogP contribution is -2.33. The first-order valence-corrected chi connectivity index (χ1v) is 5.95. The van der Waals surface area contributed by atoms with Crippen LogP contribution in [-0.4, -0.2) is 29.7 Å². The fraction of sp³-hybridized carbons (Fsp3) is 0.462. The van der Waals surface area contributed by atoms with Crippen LogP contribution >= 0.6 is 0 Å². The first kappa shape index (κ1) is 12.8. The molecule has 18 heavy (non-hydrogen) atoms. The molecule has 98 valence electrons. The number of ether oxygens (including phenoxy) is 1. The van der Waals surface area contributed by atoms with Crippen molar-refractivity contribution in [3.63, 3.8) is 0 Å². The van der Waals surface area contributed by atoms with Crippen LogP contribution in [0.15, 0.2) is 24.3 Å². The Morgan fingerprint density at radius 2 is 2.11 bits per heavy atom. The van der Waals surface area contributed by atoms with Gasteiger partial charge in [0.2, 0.25) is 0 Å². The summed E-state index contributed by atoms with van der Waals surface area (Å²) < 4.78 is 18.1. The van der Waals surface area contributed by atoms with Crippen LogP contribution in [0.1, 0.15) is 18.9 Å². The molecule has 1 fully saturated rings. The molecule has 1 aliphatic heterocycles. The van der Waals surface area contributed by atoms with Gasteiger partial charge in [-0.05, 0) is 31.2 Å². The van der Waals surface area contributed by atoms with Gasteiger partial charge < -0.3 is 10.5 Å². The van der Waals surface area contributed by atoms with Crippen molar-refractivity contribution in [2.24, 2.45) is 5.73 Å². The monoisotopic (exact) mass is 252 g/mol. The maximum atomic E-state index is 12.8. The molecule has 2 N–H and O–H groups in total. The van der Waals surface area contributed by atoms with Crippen LogP contribution in [0.4, 0.5) is 9.18 Å². The summed E-state index contributed by atoms with van der Waals surface area (Å²) in [4.78, 5) is 13.3. The lowest BCUT2D eigenvalue weighted by molar-refractivity contribution is 0.0669. The Morgan fingerprint density at radius 1 is 1.44 bits per heavy atom. The number of cyclic esters (lactones) is 1. The highest BCUT2D eigenvalue weighted by molar-refractivity contribution is 5.70. The van der Waals surface area contributed by atoms with Crippen LogP contribution in [0, 0.1) is 5.82 Å². The minimum absolute atomic E-state index is 0.282. The van der Waals surface area contributed by atoms with Crippen LogP contribution in [0.2, 0.25) is 0 Å². The SMILES string of the molecule is CC1(CCN)CN(Cc2ccc(F)cc2)C(=O)O1. The van der Waals surface area contributed by atoms with E-state index in [0.717, 1.165) is 5.56 Å². The van der Waals surface area contributed by atoms with Crippen LogP contribution in [-0.2, 0) is 11.3 Å². The smallest absolute Gasteiger partial charge is 0.410 e. The molecule has 1 aromatic carbocycles. The van der Waals surface area contributed by atoms with Crippen molar-refractivity contribution in [1.29, 1.82) is 0 Å². The number of carbonyl (C=O) groups is 1. The molecule has 0 aromatic heterocycles. The zero-order valence-electron chi connectivity index (χ0n) is 10.4. The van der Waals surface area contributed by atoms with Gasteiger partial charge in [-0.25, -0.2) is 9.18 Å². The molecular formula is C13H17FN2O2. The van der Waals surface area contributed by atoms with Crippen molar-refractivity contribution in [1.82, 2.24) is 4.90 Å². The summed E-state index contributed by atoms with van der Waals surface area (Å²) >= 11 is 0. The lowest BCUT2D eigenvalue weighted by atomic mass is 10.0. The largest absolute Gasteiger partial charge is 0.441 e. The van der Waals surface area contributed by atoms with E-state index in [1.807, 2.05) is 6.92 Å². The third kappa shape index (κ3) is 2.79. The van der Waals surface area contributed by atoms with E-state index in [1.165, 1.54) is 12.1 Å². The Hall–Kier alpha value is -1.62. The molecule has 0 aliphatic carbocycles. The fourth-order valence-electron chi connectivity index (χ4n) is 2.14. The Kier molecular flexibility index (Phi) is 3.52. The van der Waals surface area contributed by atoms with Crippen molar-refractivity contribution in [2.75, 3.05) is 13.1 Å². The van der Waals surface area contributed by atoms with Gasteiger partial charge in [-0.15, -0.1) is 0 Å². The normalized spacial score (nSPS) is 23.3. The molecule has 1 unspecified atom stereocenters. The van der Waals surface area contributed by atoms with E-state index in [4.69, 9.17) is 10.5 Å². The summed E-state index contributed by atoms with van der Waals surface area (Å²) in [7, 11) is 0. The van der Waals surface area contributed by atoms with Gasteiger partial charge in [0.15, 0.2) is 0 Å². The first-order valence-electron chi connectivity index (χ1n) is 5.95. The van der Waals surface area contributed by atoms with Gasteiger partial charge in [-0.3, -0.25) is 4.90 Å². The van der Waals surface area contributed by atoms with Gasteiger partial charge in [-0.1, -0.05) is 12.1 Å². The van der Waals surface area contributed by atoms with E-state index in [0.29, 0.717) is 26.1 Å². The van der Waals surface area contributed by atoms with E-state index in [-0.39, 0.29) is 11.9 Å². The minimum Gasteiger partial charge on any atom is -0.441 e. The summed E-state index contributed by atoms with van der Waals surface area (Å²) in [6.07, 6.45) is 0.300. The van der Waals surface area contributed by atoms with Crippen LogP contribution < -0.4 is 5.73 Å². The van der Waals surface area contributed by atoms with Crippen molar-refractivity contribution >= 4 is 6.09 Å². The maximum absolute atomic E-state index is 12.8. The standard InChI is InChI=1S/C13H17FN2O2/c1-13(6-7-15)9-16(12(17)18-13)8-10-2-4-11(14)5-3-10/h2-5H,6-9,15H2,1H3. The summed E-state index contributed by atoms with van der Waals surface area (Å²) in [6.45, 7) is 3.30. The maximum Gasteiger partial charge on any atom is 0.410 e. The summed E-state index contributed by atoms with van der Waals surface area (Å²) in [5, 5.41) is 0. The molecule has 5 heteroatoms. The number of rotatable bonds is 4. The molecule has 1 amide bonds. The zero-order valence-corrected chi connectivity index (χ0v) is 10.4. The molecule has 0 radical (unpaired) electrons. The second-order valence-corrected chi connectivity index (χ2v) is 4.84. The second kappa shape index (κ2) is 4.94. The predicted molar refractivity (Wildman–Crippen MR) is 65.4 cm³/mol.